The first-order chi connectivity index (χ1) is 15.6. The number of amides is 2. The smallest absolute Gasteiger partial charge is 0.254 e. The second-order valence-corrected chi connectivity index (χ2v) is 8.65. The number of hydrogen-bond donors (Lipinski definition) is 2. The van der Waals surface area contributed by atoms with E-state index in [9.17, 15) is 22.8 Å². The molecule has 1 atom stereocenters. The molecule has 2 amide bonds. The minimum absolute atomic E-state index is 0.0655. The number of carbonyl (C=O) groups excluding carboxylic acids is 2. The number of nitrogens with zero attached hydrogens (tertiary/aromatic N) is 1. The third-order valence-electron chi connectivity index (χ3n) is 4.81. The Bertz CT molecular complexity index is 1160. The van der Waals surface area contributed by atoms with Crippen LogP contribution in [0, 0.1) is 17.5 Å². The van der Waals surface area contributed by atoms with Crippen molar-refractivity contribution in [3.05, 3.63) is 89.0 Å². The summed E-state index contributed by atoms with van der Waals surface area (Å²) in [6, 6.07) is 9.88. The number of halogens is 3. The van der Waals surface area contributed by atoms with Gasteiger partial charge in [-0.15, -0.1) is 0 Å². The number of nitrogens with one attached hydrogen (secondary N) is 2. The summed E-state index contributed by atoms with van der Waals surface area (Å²) in [7, 11) is 0. The first kappa shape index (κ1) is 24.0. The maximum absolute atomic E-state index is 14.4. The Morgan fingerprint density at radius 2 is 1.76 bits per heavy atom. The summed E-state index contributed by atoms with van der Waals surface area (Å²) < 4.78 is 41.8. The Labute approximate surface area is 190 Å². The van der Waals surface area contributed by atoms with Crippen LogP contribution >= 0.6 is 0 Å². The van der Waals surface area contributed by atoms with E-state index in [1.165, 1.54) is 36.5 Å². The van der Waals surface area contributed by atoms with Crippen molar-refractivity contribution in [2.45, 2.75) is 38.8 Å². The molecule has 2 aromatic carbocycles. The van der Waals surface area contributed by atoms with Crippen molar-refractivity contribution in [3.63, 3.8) is 0 Å². The monoisotopic (exact) mass is 455 g/mol. The lowest BCUT2D eigenvalue weighted by molar-refractivity contribution is -0.110. The van der Waals surface area contributed by atoms with Gasteiger partial charge in [0, 0.05) is 23.4 Å². The van der Waals surface area contributed by atoms with E-state index in [0.29, 0.717) is 28.8 Å². The van der Waals surface area contributed by atoms with E-state index in [4.69, 9.17) is 0 Å². The largest absolute Gasteiger partial charge is 0.350 e. The predicted octanol–water partition coefficient (Wildman–Crippen LogP) is 4.72. The average molecular weight is 455 g/mol. The number of benzene rings is 2. The van der Waals surface area contributed by atoms with Gasteiger partial charge in [-0.25, -0.2) is 13.2 Å². The van der Waals surface area contributed by atoms with Crippen LogP contribution in [0.5, 0.6) is 0 Å². The predicted molar refractivity (Wildman–Crippen MR) is 119 cm³/mol. The van der Waals surface area contributed by atoms with Crippen LogP contribution in [-0.2, 0) is 11.2 Å². The van der Waals surface area contributed by atoms with E-state index in [1.807, 2.05) is 0 Å². The molecule has 1 aromatic heterocycles. The molecule has 3 aromatic rings. The van der Waals surface area contributed by atoms with E-state index in [0.717, 1.165) is 6.07 Å². The fourth-order valence-corrected chi connectivity index (χ4v) is 3.50. The molecule has 5 nitrogen and oxygen atoms in total. The maximum Gasteiger partial charge on any atom is 0.254 e. The van der Waals surface area contributed by atoms with Crippen LogP contribution in [-0.4, -0.2) is 22.8 Å². The minimum atomic E-state index is -0.732. The summed E-state index contributed by atoms with van der Waals surface area (Å²) >= 11 is 0. The molecule has 3 rings (SSSR count). The molecule has 172 valence electrons. The highest BCUT2D eigenvalue weighted by atomic mass is 19.1. The quantitative estimate of drug-likeness (QED) is 0.507. The standard InChI is InChI=1S/C25H24F3N3O2/c1-25(2,3)31-24(33)20-12-16(6-7-21(20)28)19-5-4-8-29-23(19)22(30-14-32)11-15-9-17(26)13-18(27)10-15/h4-10,12-14,22H,11H2,1-3H3,(H,30,32)(H,31,33). The van der Waals surface area contributed by atoms with Crippen LogP contribution in [0.2, 0.25) is 0 Å². The van der Waals surface area contributed by atoms with Crippen LogP contribution in [0.1, 0.15) is 48.4 Å². The van der Waals surface area contributed by atoms with E-state index in [-0.39, 0.29) is 12.0 Å². The maximum atomic E-state index is 14.4. The fourth-order valence-electron chi connectivity index (χ4n) is 3.50. The zero-order valence-electron chi connectivity index (χ0n) is 18.5. The molecule has 8 heteroatoms. The highest BCUT2D eigenvalue weighted by molar-refractivity contribution is 5.96. The van der Waals surface area contributed by atoms with Crippen molar-refractivity contribution < 1.29 is 22.8 Å². The highest BCUT2D eigenvalue weighted by Crippen LogP contribution is 2.30. The molecule has 0 saturated carbocycles. The van der Waals surface area contributed by atoms with Crippen LogP contribution in [0.25, 0.3) is 11.1 Å². The lowest BCUT2D eigenvalue weighted by Gasteiger charge is -2.21. The summed E-state index contributed by atoms with van der Waals surface area (Å²) in [6.07, 6.45) is 2.06. The molecule has 0 fully saturated rings. The van der Waals surface area contributed by atoms with Crippen LogP contribution in [0.15, 0.2) is 54.7 Å². The first-order valence-corrected chi connectivity index (χ1v) is 10.3. The number of hydrogen-bond acceptors (Lipinski definition) is 3. The Morgan fingerprint density at radius 1 is 1.06 bits per heavy atom. The number of aromatic nitrogens is 1. The molecule has 1 unspecified atom stereocenters. The summed E-state index contributed by atoms with van der Waals surface area (Å²) in [4.78, 5) is 28.3. The molecule has 0 bridgehead atoms. The fraction of sp³-hybridized carbons (Fsp3) is 0.240. The molecule has 0 saturated heterocycles. The van der Waals surface area contributed by atoms with Gasteiger partial charge in [0.2, 0.25) is 6.41 Å². The summed E-state index contributed by atoms with van der Waals surface area (Å²) in [5.41, 5.74) is 1.08. The highest BCUT2D eigenvalue weighted by Gasteiger charge is 2.22. The summed E-state index contributed by atoms with van der Waals surface area (Å²) in [6.45, 7) is 5.37. The lowest BCUT2D eigenvalue weighted by atomic mass is 9.94. The molecule has 33 heavy (non-hydrogen) atoms. The Hall–Kier alpha value is -3.68. The summed E-state index contributed by atoms with van der Waals surface area (Å²) in [5.74, 6) is -2.71. The van der Waals surface area contributed by atoms with Crippen molar-refractivity contribution in [2.24, 2.45) is 0 Å². The lowest BCUT2D eigenvalue weighted by Crippen LogP contribution is -2.40. The van der Waals surface area contributed by atoms with Gasteiger partial charge in [-0.05, 0) is 68.7 Å². The molecule has 0 aliphatic carbocycles. The van der Waals surface area contributed by atoms with E-state index < -0.39 is 34.9 Å². The number of pyridine rings is 1. The summed E-state index contributed by atoms with van der Waals surface area (Å²) in [5, 5.41) is 5.37. The second kappa shape index (κ2) is 9.85. The van der Waals surface area contributed by atoms with Gasteiger partial charge in [-0.2, -0.15) is 0 Å². The van der Waals surface area contributed by atoms with Crippen molar-refractivity contribution in [1.82, 2.24) is 15.6 Å². The SMILES string of the molecule is CC(C)(C)NC(=O)c1cc(-c2cccnc2C(Cc2cc(F)cc(F)c2)NC=O)ccc1F. The van der Waals surface area contributed by atoms with Crippen LogP contribution in [0.3, 0.4) is 0 Å². The third kappa shape index (κ3) is 6.19. The third-order valence-corrected chi connectivity index (χ3v) is 4.81. The van der Waals surface area contributed by atoms with Crippen molar-refractivity contribution in [1.29, 1.82) is 0 Å². The molecule has 0 aliphatic heterocycles. The molecule has 2 N–H and O–H groups in total. The van der Waals surface area contributed by atoms with E-state index in [2.05, 4.69) is 15.6 Å². The molecule has 0 aliphatic rings. The van der Waals surface area contributed by atoms with Crippen molar-refractivity contribution in [3.8, 4) is 11.1 Å². The van der Waals surface area contributed by atoms with Crippen molar-refractivity contribution in [2.75, 3.05) is 0 Å². The van der Waals surface area contributed by atoms with Crippen LogP contribution in [0.4, 0.5) is 13.2 Å². The van der Waals surface area contributed by atoms with Gasteiger partial charge in [-0.3, -0.25) is 14.6 Å². The zero-order valence-corrected chi connectivity index (χ0v) is 18.5. The average Bonchev–Trinajstić information content (AvgIpc) is 2.72. The Balaban J connectivity index is 2.03. The molecule has 1 heterocycles. The van der Waals surface area contributed by atoms with Gasteiger partial charge in [-0.1, -0.05) is 12.1 Å². The number of rotatable bonds is 7. The first-order valence-electron chi connectivity index (χ1n) is 10.3. The van der Waals surface area contributed by atoms with Crippen LogP contribution < -0.4 is 10.6 Å². The van der Waals surface area contributed by atoms with Crippen molar-refractivity contribution >= 4 is 12.3 Å². The number of carbonyl (C=O) groups is 2. The van der Waals surface area contributed by atoms with Gasteiger partial charge in [0.25, 0.3) is 5.91 Å². The normalized spacial score (nSPS) is 12.2. The van der Waals surface area contributed by atoms with Gasteiger partial charge < -0.3 is 10.6 Å². The molecular formula is C25H24F3N3O2. The Morgan fingerprint density at radius 3 is 2.39 bits per heavy atom. The topological polar surface area (TPSA) is 71.1 Å². The zero-order chi connectivity index (χ0) is 24.2. The van der Waals surface area contributed by atoms with E-state index >= 15 is 0 Å². The van der Waals surface area contributed by atoms with Gasteiger partial charge in [0.15, 0.2) is 0 Å². The van der Waals surface area contributed by atoms with Gasteiger partial charge in [0.1, 0.15) is 17.5 Å². The minimum Gasteiger partial charge on any atom is -0.350 e. The van der Waals surface area contributed by atoms with Gasteiger partial charge in [0.05, 0.1) is 17.3 Å². The Kier molecular flexibility index (Phi) is 7.16. The molecular weight excluding hydrogens is 431 g/mol. The molecule has 0 spiro atoms. The van der Waals surface area contributed by atoms with E-state index in [1.54, 1.807) is 32.9 Å². The second-order valence-electron chi connectivity index (χ2n) is 8.65. The molecule has 0 radical (unpaired) electrons. The van der Waals surface area contributed by atoms with Gasteiger partial charge >= 0.3 is 0 Å².